The van der Waals surface area contributed by atoms with Gasteiger partial charge in [-0.1, -0.05) is 35.3 Å². The highest BCUT2D eigenvalue weighted by atomic mass is 35.5. The monoisotopic (exact) mass is 370 g/mol. The Morgan fingerprint density at radius 2 is 1.92 bits per heavy atom. The summed E-state index contributed by atoms with van der Waals surface area (Å²) in [6.45, 7) is 1.63. The van der Waals surface area contributed by atoms with Gasteiger partial charge >= 0.3 is 0 Å². The van der Waals surface area contributed by atoms with E-state index in [-0.39, 0.29) is 22.3 Å². The van der Waals surface area contributed by atoms with Crippen LogP contribution in [0.5, 0.6) is 0 Å². The van der Waals surface area contributed by atoms with Crippen molar-refractivity contribution in [3.63, 3.8) is 0 Å². The van der Waals surface area contributed by atoms with E-state index in [1.807, 2.05) is 0 Å². The molecule has 128 valence electrons. The molecule has 1 amide bonds. The lowest BCUT2D eigenvalue weighted by atomic mass is 9.74. The third kappa shape index (κ3) is 3.58. The van der Waals surface area contributed by atoms with Gasteiger partial charge in [0.15, 0.2) is 0 Å². The molecule has 1 aliphatic heterocycles. The summed E-state index contributed by atoms with van der Waals surface area (Å²) in [6, 6.07) is 7.93. The van der Waals surface area contributed by atoms with Crippen LogP contribution in [0.15, 0.2) is 30.3 Å². The molecule has 1 fully saturated rings. The molecule has 1 aliphatic rings. The Morgan fingerprint density at radius 3 is 2.50 bits per heavy atom. The maximum Gasteiger partial charge on any atom is 0.267 e. The van der Waals surface area contributed by atoms with E-state index in [1.165, 1.54) is 18.2 Å². The molecule has 2 heterocycles. The fourth-order valence-corrected chi connectivity index (χ4v) is 3.32. The molecule has 0 atom stereocenters. The first kappa shape index (κ1) is 17.3. The molecule has 0 bridgehead atoms. The Bertz CT molecular complexity index is 705. The molecule has 2 N–H and O–H groups in total. The van der Waals surface area contributed by atoms with Crippen LogP contribution in [0.25, 0.3) is 0 Å². The van der Waals surface area contributed by atoms with Crippen LogP contribution in [0.1, 0.15) is 28.9 Å². The summed E-state index contributed by atoms with van der Waals surface area (Å²) in [5.41, 5.74) is 1.03. The van der Waals surface area contributed by atoms with Crippen molar-refractivity contribution in [2.75, 3.05) is 19.8 Å². The normalized spacial score (nSPS) is 16.8. The van der Waals surface area contributed by atoms with Crippen molar-refractivity contribution in [1.29, 1.82) is 0 Å². The summed E-state index contributed by atoms with van der Waals surface area (Å²) >= 11 is 11.7. The van der Waals surface area contributed by atoms with Crippen LogP contribution >= 0.6 is 23.2 Å². The van der Waals surface area contributed by atoms with E-state index in [2.05, 4.69) is 10.3 Å². The Hall–Kier alpha value is -1.56. The van der Waals surface area contributed by atoms with Crippen LogP contribution in [0, 0.1) is 5.82 Å². The van der Waals surface area contributed by atoms with Gasteiger partial charge in [0, 0.05) is 25.2 Å². The van der Waals surface area contributed by atoms with E-state index in [0.29, 0.717) is 30.5 Å². The number of carbonyl (C=O) groups is 1. The standard InChI is InChI=1S/C17H17Cl2FN2O2/c18-13-9-14(22-15(13)19)16(23)21-10-17(5-7-24-8-6-17)11-1-3-12(20)4-2-11/h1-4,9,22H,5-8,10H2,(H,21,23). The van der Waals surface area contributed by atoms with Gasteiger partial charge in [-0.25, -0.2) is 4.39 Å². The fraction of sp³-hybridized carbons (Fsp3) is 0.353. The van der Waals surface area contributed by atoms with Crippen molar-refractivity contribution >= 4 is 29.1 Å². The number of amides is 1. The van der Waals surface area contributed by atoms with Gasteiger partial charge in [-0.3, -0.25) is 4.79 Å². The molecule has 2 aromatic rings. The molecule has 0 spiro atoms. The lowest BCUT2D eigenvalue weighted by Crippen LogP contribution is -2.44. The highest BCUT2D eigenvalue weighted by Gasteiger charge is 2.35. The van der Waals surface area contributed by atoms with Crippen molar-refractivity contribution in [2.24, 2.45) is 0 Å². The highest BCUT2D eigenvalue weighted by molar-refractivity contribution is 6.41. The van der Waals surface area contributed by atoms with Gasteiger partial charge in [0.1, 0.15) is 16.7 Å². The molecule has 0 radical (unpaired) electrons. The second-order valence-corrected chi connectivity index (χ2v) is 6.71. The van der Waals surface area contributed by atoms with Crippen LogP contribution in [0.4, 0.5) is 4.39 Å². The van der Waals surface area contributed by atoms with Gasteiger partial charge in [-0.05, 0) is 36.6 Å². The SMILES string of the molecule is O=C(NCC1(c2ccc(F)cc2)CCOCC1)c1cc(Cl)c(Cl)[nH]1. The van der Waals surface area contributed by atoms with Gasteiger partial charge in [-0.15, -0.1) is 0 Å². The maximum atomic E-state index is 13.2. The number of nitrogens with one attached hydrogen (secondary N) is 2. The molecule has 24 heavy (non-hydrogen) atoms. The predicted octanol–water partition coefficient (Wildman–Crippen LogP) is 3.94. The zero-order chi connectivity index (χ0) is 17.2. The molecule has 1 saturated heterocycles. The number of ether oxygens (including phenoxy) is 1. The van der Waals surface area contributed by atoms with Gasteiger partial charge in [0.25, 0.3) is 5.91 Å². The van der Waals surface area contributed by atoms with Gasteiger partial charge in [0.05, 0.1) is 5.02 Å². The minimum atomic E-state index is -0.281. The number of rotatable bonds is 4. The number of hydrogen-bond donors (Lipinski definition) is 2. The quantitative estimate of drug-likeness (QED) is 0.856. The molecule has 0 aliphatic carbocycles. The number of aromatic amines is 1. The lowest BCUT2D eigenvalue weighted by molar-refractivity contribution is 0.0486. The number of carbonyl (C=O) groups excluding carboxylic acids is 1. The first-order valence-corrected chi connectivity index (χ1v) is 8.42. The van der Waals surface area contributed by atoms with Crippen LogP contribution < -0.4 is 5.32 Å². The second kappa shape index (κ2) is 7.13. The molecule has 0 unspecified atom stereocenters. The van der Waals surface area contributed by atoms with Gasteiger partial charge < -0.3 is 15.0 Å². The van der Waals surface area contributed by atoms with E-state index in [9.17, 15) is 9.18 Å². The first-order chi connectivity index (χ1) is 11.5. The average Bonchev–Trinajstić information content (AvgIpc) is 2.93. The van der Waals surface area contributed by atoms with Crippen LogP contribution in [-0.4, -0.2) is 30.6 Å². The van der Waals surface area contributed by atoms with Crippen molar-refractivity contribution in [2.45, 2.75) is 18.3 Å². The minimum absolute atomic E-state index is 0.237. The van der Waals surface area contributed by atoms with Crippen LogP contribution in [0.3, 0.4) is 0 Å². The second-order valence-electron chi connectivity index (χ2n) is 5.93. The summed E-state index contributed by atoms with van der Waals surface area (Å²) in [5.74, 6) is -0.558. The Balaban J connectivity index is 1.77. The topological polar surface area (TPSA) is 54.1 Å². The molecule has 3 rings (SSSR count). The van der Waals surface area contributed by atoms with Gasteiger partial charge in [-0.2, -0.15) is 0 Å². The minimum Gasteiger partial charge on any atom is -0.381 e. The maximum absolute atomic E-state index is 13.2. The van der Waals surface area contributed by atoms with Crippen LogP contribution in [-0.2, 0) is 10.2 Å². The number of aromatic nitrogens is 1. The zero-order valence-electron chi connectivity index (χ0n) is 12.9. The lowest BCUT2D eigenvalue weighted by Gasteiger charge is -2.38. The molecule has 1 aromatic heterocycles. The van der Waals surface area contributed by atoms with Crippen molar-refractivity contribution < 1.29 is 13.9 Å². The smallest absolute Gasteiger partial charge is 0.267 e. The van der Waals surface area contributed by atoms with Crippen LogP contribution in [0.2, 0.25) is 10.2 Å². The molecule has 4 nitrogen and oxygen atoms in total. The van der Waals surface area contributed by atoms with E-state index in [4.69, 9.17) is 27.9 Å². The molecule has 0 saturated carbocycles. The van der Waals surface area contributed by atoms with E-state index in [1.54, 1.807) is 12.1 Å². The molecular weight excluding hydrogens is 354 g/mol. The fourth-order valence-electron chi connectivity index (χ4n) is 3.00. The zero-order valence-corrected chi connectivity index (χ0v) is 14.4. The summed E-state index contributed by atoms with van der Waals surface area (Å²) in [5, 5.41) is 3.47. The third-order valence-electron chi connectivity index (χ3n) is 4.46. The Kier molecular flexibility index (Phi) is 5.13. The number of hydrogen-bond acceptors (Lipinski definition) is 2. The Labute approximate surface area is 149 Å². The van der Waals surface area contributed by atoms with Crippen molar-refractivity contribution in [3.05, 3.63) is 57.6 Å². The number of halogens is 3. The van der Waals surface area contributed by atoms with E-state index in [0.717, 1.165) is 18.4 Å². The average molecular weight is 371 g/mol. The van der Waals surface area contributed by atoms with Gasteiger partial charge in [0.2, 0.25) is 0 Å². The number of benzene rings is 1. The van der Waals surface area contributed by atoms with E-state index >= 15 is 0 Å². The Morgan fingerprint density at radius 1 is 1.25 bits per heavy atom. The highest BCUT2D eigenvalue weighted by Crippen LogP contribution is 2.34. The summed E-state index contributed by atoms with van der Waals surface area (Å²) in [4.78, 5) is 15.1. The summed E-state index contributed by atoms with van der Waals surface area (Å²) in [7, 11) is 0. The summed E-state index contributed by atoms with van der Waals surface area (Å²) in [6.07, 6.45) is 1.51. The number of H-pyrrole nitrogens is 1. The molecule has 7 heteroatoms. The molecular formula is C17H17Cl2FN2O2. The van der Waals surface area contributed by atoms with E-state index < -0.39 is 0 Å². The molecule has 1 aromatic carbocycles. The van der Waals surface area contributed by atoms with Crippen molar-refractivity contribution in [1.82, 2.24) is 10.3 Å². The predicted molar refractivity (Wildman–Crippen MR) is 91.3 cm³/mol. The largest absolute Gasteiger partial charge is 0.381 e. The third-order valence-corrected chi connectivity index (χ3v) is 5.16. The summed E-state index contributed by atoms with van der Waals surface area (Å²) < 4.78 is 18.7. The first-order valence-electron chi connectivity index (χ1n) is 7.66. The van der Waals surface area contributed by atoms with Crippen molar-refractivity contribution in [3.8, 4) is 0 Å².